The molecule has 2 aromatic carbocycles. The molecule has 1 amide bonds. The lowest BCUT2D eigenvalue weighted by atomic mass is 10.0. The highest BCUT2D eigenvalue weighted by atomic mass is 16.3. The first kappa shape index (κ1) is 14.3. The maximum Gasteiger partial charge on any atom is 0.251 e. The van der Waals surface area contributed by atoms with Crippen molar-refractivity contribution in [3.63, 3.8) is 0 Å². The average Bonchev–Trinajstić information content (AvgIpc) is 2.48. The van der Waals surface area contributed by atoms with Gasteiger partial charge in [-0.2, -0.15) is 0 Å². The third-order valence-corrected chi connectivity index (χ3v) is 3.48. The van der Waals surface area contributed by atoms with Gasteiger partial charge in [0.2, 0.25) is 0 Å². The van der Waals surface area contributed by atoms with Gasteiger partial charge in [-0.1, -0.05) is 36.4 Å². The Balaban J connectivity index is 2.06. The zero-order valence-corrected chi connectivity index (χ0v) is 11.8. The van der Waals surface area contributed by atoms with Crippen LogP contribution >= 0.6 is 0 Å². The number of hydrogen-bond donors (Lipinski definition) is 2. The van der Waals surface area contributed by atoms with Crippen molar-refractivity contribution >= 4 is 5.91 Å². The van der Waals surface area contributed by atoms with E-state index < -0.39 is 0 Å². The minimum absolute atomic E-state index is 0.0127. The molecule has 0 aliphatic rings. The van der Waals surface area contributed by atoms with Gasteiger partial charge < -0.3 is 10.4 Å². The van der Waals surface area contributed by atoms with Crippen molar-refractivity contribution in [1.82, 2.24) is 5.32 Å². The Morgan fingerprint density at radius 1 is 1.10 bits per heavy atom. The zero-order chi connectivity index (χ0) is 14.5. The van der Waals surface area contributed by atoms with Gasteiger partial charge in [0.05, 0.1) is 6.61 Å². The van der Waals surface area contributed by atoms with Crippen molar-refractivity contribution in [2.45, 2.75) is 27.0 Å². The standard InChI is InChI=1S/C17H19NO2/c1-12-5-3-8-16(13(12)2)17(20)18-10-14-6-4-7-15(9-14)11-19/h3-9,19H,10-11H2,1-2H3,(H,18,20). The average molecular weight is 269 g/mol. The van der Waals surface area contributed by atoms with Gasteiger partial charge in [0.25, 0.3) is 5.91 Å². The predicted octanol–water partition coefficient (Wildman–Crippen LogP) is 2.73. The molecule has 20 heavy (non-hydrogen) atoms. The Bertz CT molecular complexity index is 620. The fourth-order valence-corrected chi connectivity index (χ4v) is 2.11. The van der Waals surface area contributed by atoms with Crippen LogP contribution in [0.2, 0.25) is 0 Å². The molecule has 0 atom stereocenters. The number of aliphatic hydroxyl groups is 1. The highest BCUT2D eigenvalue weighted by Crippen LogP contribution is 2.13. The lowest BCUT2D eigenvalue weighted by Gasteiger charge is -2.10. The van der Waals surface area contributed by atoms with Crippen LogP contribution in [0.3, 0.4) is 0 Å². The molecular weight excluding hydrogens is 250 g/mol. The summed E-state index contributed by atoms with van der Waals surface area (Å²) in [4.78, 5) is 12.2. The third-order valence-electron chi connectivity index (χ3n) is 3.48. The van der Waals surface area contributed by atoms with Gasteiger partial charge >= 0.3 is 0 Å². The molecule has 0 bridgehead atoms. The molecule has 2 N–H and O–H groups in total. The van der Waals surface area contributed by atoms with Gasteiger partial charge in [-0.05, 0) is 42.2 Å². The fourth-order valence-electron chi connectivity index (χ4n) is 2.11. The minimum Gasteiger partial charge on any atom is -0.392 e. The van der Waals surface area contributed by atoms with Gasteiger partial charge in [0.1, 0.15) is 0 Å². The molecule has 104 valence electrons. The molecular formula is C17H19NO2. The van der Waals surface area contributed by atoms with Crippen LogP contribution in [0.15, 0.2) is 42.5 Å². The summed E-state index contributed by atoms with van der Waals surface area (Å²) < 4.78 is 0. The molecule has 0 aliphatic carbocycles. The SMILES string of the molecule is Cc1cccc(C(=O)NCc2cccc(CO)c2)c1C. The second-order valence-electron chi connectivity index (χ2n) is 4.91. The summed E-state index contributed by atoms with van der Waals surface area (Å²) in [6.45, 7) is 4.42. The molecule has 2 rings (SSSR count). The summed E-state index contributed by atoms with van der Waals surface area (Å²) in [5.74, 6) is -0.0689. The number of nitrogens with one attached hydrogen (secondary N) is 1. The second-order valence-corrected chi connectivity index (χ2v) is 4.91. The van der Waals surface area contributed by atoms with Crippen LogP contribution in [0, 0.1) is 13.8 Å². The normalized spacial score (nSPS) is 10.3. The lowest BCUT2D eigenvalue weighted by molar-refractivity contribution is 0.0950. The second kappa shape index (κ2) is 6.35. The smallest absolute Gasteiger partial charge is 0.251 e. The van der Waals surface area contributed by atoms with Crippen LogP contribution in [-0.4, -0.2) is 11.0 Å². The first-order valence-electron chi connectivity index (χ1n) is 6.65. The van der Waals surface area contributed by atoms with E-state index in [4.69, 9.17) is 5.11 Å². The topological polar surface area (TPSA) is 49.3 Å². The number of aliphatic hydroxyl groups excluding tert-OH is 1. The van der Waals surface area contributed by atoms with E-state index in [1.54, 1.807) is 0 Å². The Labute approximate surface area is 119 Å². The quantitative estimate of drug-likeness (QED) is 0.896. The number of amides is 1. The number of rotatable bonds is 4. The highest BCUT2D eigenvalue weighted by molar-refractivity contribution is 5.95. The van der Waals surface area contributed by atoms with E-state index >= 15 is 0 Å². The Hall–Kier alpha value is -2.13. The van der Waals surface area contributed by atoms with E-state index in [1.165, 1.54) is 0 Å². The van der Waals surface area contributed by atoms with Crippen LogP contribution < -0.4 is 5.32 Å². The summed E-state index contributed by atoms with van der Waals surface area (Å²) in [5.41, 5.74) is 4.66. The van der Waals surface area contributed by atoms with Gasteiger partial charge in [0.15, 0.2) is 0 Å². The van der Waals surface area contributed by atoms with E-state index in [2.05, 4.69) is 5.32 Å². The zero-order valence-electron chi connectivity index (χ0n) is 11.8. The minimum atomic E-state index is -0.0689. The number of carbonyl (C=O) groups excluding carboxylic acids is 1. The molecule has 3 heteroatoms. The molecule has 0 aromatic heterocycles. The predicted molar refractivity (Wildman–Crippen MR) is 79.5 cm³/mol. The lowest BCUT2D eigenvalue weighted by Crippen LogP contribution is -2.23. The van der Waals surface area contributed by atoms with Crippen molar-refractivity contribution in [3.05, 3.63) is 70.3 Å². The largest absolute Gasteiger partial charge is 0.392 e. The van der Waals surface area contributed by atoms with Crippen LogP contribution in [0.25, 0.3) is 0 Å². The monoisotopic (exact) mass is 269 g/mol. The van der Waals surface area contributed by atoms with E-state index in [0.29, 0.717) is 12.1 Å². The van der Waals surface area contributed by atoms with Crippen molar-refractivity contribution in [2.75, 3.05) is 0 Å². The number of hydrogen-bond acceptors (Lipinski definition) is 2. The molecule has 0 spiro atoms. The van der Waals surface area contributed by atoms with Crippen LogP contribution in [0.5, 0.6) is 0 Å². The molecule has 0 aliphatic heterocycles. The number of carbonyl (C=O) groups is 1. The fraction of sp³-hybridized carbons (Fsp3) is 0.235. The molecule has 0 saturated heterocycles. The van der Waals surface area contributed by atoms with Gasteiger partial charge in [-0.25, -0.2) is 0 Å². The third kappa shape index (κ3) is 3.25. The summed E-state index contributed by atoms with van der Waals surface area (Å²) in [7, 11) is 0. The Morgan fingerprint density at radius 2 is 1.80 bits per heavy atom. The number of benzene rings is 2. The van der Waals surface area contributed by atoms with Crippen molar-refractivity contribution < 1.29 is 9.90 Å². The van der Waals surface area contributed by atoms with Gasteiger partial charge in [-0.15, -0.1) is 0 Å². The van der Waals surface area contributed by atoms with Crippen LogP contribution in [-0.2, 0) is 13.2 Å². The molecule has 3 nitrogen and oxygen atoms in total. The summed E-state index contributed by atoms with van der Waals surface area (Å²) in [6.07, 6.45) is 0. The molecule has 0 unspecified atom stereocenters. The Kier molecular flexibility index (Phi) is 4.53. The molecule has 0 fully saturated rings. The van der Waals surface area contributed by atoms with E-state index in [1.807, 2.05) is 56.3 Å². The van der Waals surface area contributed by atoms with Crippen molar-refractivity contribution in [3.8, 4) is 0 Å². The number of aryl methyl sites for hydroxylation is 1. The molecule has 0 heterocycles. The first-order chi connectivity index (χ1) is 9.61. The first-order valence-corrected chi connectivity index (χ1v) is 6.65. The molecule has 2 aromatic rings. The Morgan fingerprint density at radius 3 is 2.55 bits per heavy atom. The maximum atomic E-state index is 12.2. The summed E-state index contributed by atoms with van der Waals surface area (Å²) in [5, 5.41) is 12.0. The van der Waals surface area contributed by atoms with E-state index in [-0.39, 0.29) is 12.5 Å². The van der Waals surface area contributed by atoms with Crippen LogP contribution in [0.4, 0.5) is 0 Å². The van der Waals surface area contributed by atoms with E-state index in [9.17, 15) is 4.79 Å². The summed E-state index contributed by atoms with van der Waals surface area (Å²) in [6, 6.07) is 13.3. The van der Waals surface area contributed by atoms with Crippen molar-refractivity contribution in [1.29, 1.82) is 0 Å². The van der Waals surface area contributed by atoms with Gasteiger partial charge in [-0.3, -0.25) is 4.79 Å². The maximum absolute atomic E-state index is 12.2. The van der Waals surface area contributed by atoms with Crippen molar-refractivity contribution in [2.24, 2.45) is 0 Å². The molecule has 0 saturated carbocycles. The van der Waals surface area contributed by atoms with Gasteiger partial charge in [0, 0.05) is 12.1 Å². The van der Waals surface area contributed by atoms with E-state index in [0.717, 1.165) is 22.3 Å². The van der Waals surface area contributed by atoms with Crippen LogP contribution in [0.1, 0.15) is 32.6 Å². The highest BCUT2D eigenvalue weighted by Gasteiger charge is 2.09. The molecule has 0 radical (unpaired) electrons. The summed E-state index contributed by atoms with van der Waals surface area (Å²) >= 11 is 0.